The van der Waals surface area contributed by atoms with Crippen molar-refractivity contribution in [2.24, 2.45) is 0 Å². The number of benzene rings is 2. The molecule has 0 bridgehead atoms. The maximum absolute atomic E-state index is 14.7. The lowest BCUT2D eigenvalue weighted by Crippen LogP contribution is -2.33. The van der Waals surface area contributed by atoms with E-state index < -0.39 is 33.1 Å². The van der Waals surface area contributed by atoms with Crippen molar-refractivity contribution in [1.82, 2.24) is 4.72 Å². The molecule has 0 atom stereocenters. The Bertz CT molecular complexity index is 1050. The van der Waals surface area contributed by atoms with Crippen LogP contribution < -0.4 is 14.9 Å². The van der Waals surface area contributed by atoms with Crippen molar-refractivity contribution in [3.05, 3.63) is 53.6 Å². The summed E-state index contributed by atoms with van der Waals surface area (Å²) in [5.74, 6) is -2.23. The van der Waals surface area contributed by atoms with Crippen LogP contribution in [0, 0.1) is 11.6 Å². The van der Waals surface area contributed by atoms with Crippen molar-refractivity contribution in [3.8, 4) is 0 Å². The first-order valence-electron chi connectivity index (χ1n) is 10.4. The van der Waals surface area contributed by atoms with Crippen LogP contribution in [0.4, 0.5) is 20.2 Å². The van der Waals surface area contributed by atoms with Gasteiger partial charge in [0.2, 0.25) is 10.0 Å². The third-order valence-electron chi connectivity index (χ3n) is 5.54. The Kier molecular flexibility index (Phi) is 7.27. The number of halogens is 2. The number of nitrogens with zero attached hydrogens (tertiary/aromatic N) is 1. The van der Waals surface area contributed by atoms with E-state index in [-0.39, 0.29) is 23.2 Å². The molecule has 0 spiro atoms. The summed E-state index contributed by atoms with van der Waals surface area (Å²) in [6.07, 6.45) is 5.48. The predicted octanol–water partition coefficient (Wildman–Crippen LogP) is 4.28. The van der Waals surface area contributed by atoms with Gasteiger partial charge in [-0.15, -0.1) is 0 Å². The average Bonchev–Trinajstić information content (AvgIpc) is 2.74. The Morgan fingerprint density at radius 2 is 1.77 bits per heavy atom. The van der Waals surface area contributed by atoms with Crippen molar-refractivity contribution in [1.29, 1.82) is 0 Å². The normalized spacial score (nSPS) is 15.0. The van der Waals surface area contributed by atoms with E-state index >= 15 is 0 Å². The van der Waals surface area contributed by atoms with Crippen LogP contribution >= 0.6 is 0 Å². The lowest BCUT2D eigenvalue weighted by molar-refractivity contribution is 0.102. The van der Waals surface area contributed by atoms with Gasteiger partial charge in [0.25, 0.3) is 5.91 Å². The topological polar surface area (TPSA) is 78.5 Å². The molecule has 2 N–H and O–H groups in total. The molecule has 31 heavy (non-hydrogen) atoms. The van der Waals surface area contributed by atoms with Crippen LogP contribution in [0.3, 0.4) is 0 Å². The van der Waals surface area contributed by atoms with Crippen LogP contribution in [0.2, 0.25) is 0 Å². The summed E-state index contributed by atoms with van der Waals surface area (Å²) >= 11 is 0. The second kappa shape index (κ2) is 9.74. The Hall–Kier alpha value is -2.52. The standard InChI is InChI=1S/C22H27F2N3O3S/c1-3-25-31(29,30)17-10-11-19(23)18(14-17)22(28)26-15-9-12-21(20(24)13-15)27(2)16-7-5-4-6-8-16/h9-14,16,25H,3-8H2,1-2H3,(H,26,28). The molecule has 1 amide bonds. The number of sulfonamides is 1. The number of anilines is 2. The van der Waals surface area contributed by atoms with Gasteiger partial charge in [-0.1, -0.05) is 26.2 Å². The molecule has 0 aliphatic heterocycles. The summed E-state index contributed by atoms with van der Waals surface area (Å²) in [7, 11) is -1.99. The van der Waals surface area contributed by atoms with Gasteiger partial charge >= 0.3 is 0 Å². The monoisotopic (exact) mass is 451 g/mol. The Morgan fingerprint density at radius 1 is 1.06 bits per heavy atom. The van der Waals surface area contributed by atoms with E-state index in [9.17, 15) is 22.0 Å². The molecule has 1 fully saturated rings. The van der Waals surface area contributed by atoms with E-state index in [0.29, 0.717) is 5.69 Å². The lowest BCUT2D eigenvalue weighted by Gasteiger charge is -2.33. The number of nitrogens with one attached hydrogen (secondary N) is 2. The number of carbonyl (C=O) groups is 1. The number of hydrogen-bond donors (Lipinski definition) is 2. The first-order chi connectivity index (χ1) is 14.7. The minimum Gasteiger partial charge on any atom is -0.369 e. The third-order valence-corrected chi connectivity index (χ3v) is 7.08. The quantitative estimate of drug-likeness (QED) is 0.659. The molecule has 6 nitrogen and oxygen atoms in total. The SMILES string of the molecule is CCNS(=O)(=O)c1ccc(F)c(C(=O)Nc2ccc(N(C)C3CCCCC3)c(F)c2)c1. The van der Waals surface area contributed by atoms with Crippen molar-refractivity contribution >= 4 is 27.3 Å². The fraction of sp³-hybridized carbons (Fsp3) is 0.409. The molecule has 0 radical (unpaired) electrons. The van der Waals surface area contributed by atoms with Gasteiger partial charge in [0.15, 0.2) is 0 Å². The first kappa shape index (κ1) is 23.1. The summed E-state index contributed by atoms with van der Waals surface area (Å²) in [5.41, 5.74) is 0.153. The predicted molar refractivity (Wildman–Crippen MR) is 117 cm³/mol. The van der Waals surface area contributed by atoms with E-state index in [4.69, 9.17) is 0 Å². The lowest BCUT2D eigenvalue weighted by atomic mass is 9.94. The van der Waals surface area contributed by atoms with Gasteiger partial charge in [0.1, 0.15) is 11.6 Å². The van der Waals surface area contributed by atoms with Gasteiger partial charge in [-0.05, 0) is 49.2 Å². The van der Waals surface area contributed by atoms with Crippen molar-refractivity contribution < 1.29 is 22.0 Å². The molecular formula is C22H27F2N3O3S. The second-order valence-electron chi connectivity index (χ2n) is 7.67. The summed E-state index contributed by atoms with van der Waals surface area (Å²) in [6, 6.07) is 7.56. The number of amides is 1. The van der Waals surface area contributed by atoms with Gasteiger partial charge in [-0.3, -0.25) is 4.79 Å². The molecule has 3 rings (SSSR count). The summed E-state index contributed by atoms with van der Waals surface area (Å²) in [5, 5.41) is 2.44. The first-order valence-corrected chi connectivity index (χ1v) is 11.8. The Morgan fingerprint density at radius 3 is 2.42 bits per heavy atom. The van der Waals surface area contributed by atoms with Crippen molar-refractivity contribution in [2.45, 2.75) is 50.0 Å². The fourth-order valence-electron chi connectivity index (χ4n) is 3.85. The molecule has 1 aliphatic carbocycles. The largest absolute Gasteiger partial charge is 0.369 e. The molecule has 0 heterocycles. The number of hydrogen-bond acceptors (Lipinski definition) is 4. The molecular weight excluding hydrogens is 424 g/mol. The van der Waals surface area contributed by atoms with Crippen molar-refractivity contribution in [2.75, 3.05) is 23.8 Å². The fourth-order valence-corrected chi connectivity index (χ4v) is 4.92. The van der Waals surface area contributed by atoms with E-state index in [1.54, 1.807) is 19.1 Å². The van der Waals surface area contributed by atoms with Gasteiger partial charge in [0, 0.05) is 25.3 Å². The van der Waals surface area contributed by atoms with Gasteiger partial charge in [-0.25, -0.2) is 21.9 Å². The van der Waals surface area contributed by atoms with Crippen molar-refractivity contribution in [3.63, 3.8) is 0 Å². The third kappa shape index (κ3) is 5.40. The highest BCUT2D eigenvalue weighted by Crippen LogP contribution is 2.29. The van der Waals surface area contributed by atoms with Gasteiger partial charge in [0.05, 0.1) is 16.1 Å². The molecule has 1 saturated carbocycles. The zero-order valence-electron chi connectivity index (χ0n) is 17.6. The summed E-state index contributed by atoms with van der Waals surface area (Å²) in [4.78, 5) is 14.3. The minimum atomic E-state index is -3.85. The minimum absolute atomic E-state index is 0.155. The molecule has 9 heteroatoms. The molecule has 0 unspecified atom stereocenters. The second-order valence-corrected chi connectivity index (χ2v) is 9.43. The van der Waals surface area contributed by atoms with E-state index in [0.717, 1.165) is 43.9 Å². The van der Waals surface area contributed by atoms with E-state index in [1.807, 2.05) is 11.9 Å². The van der Waals surface area contributed by atoms with Crippen LogP contribution in [0.5, 0.6) is 0 Å². The summed E-state index contributed by atoms with van der Waals surface area (Å²) < 4.78 is 55.5. The van der Waals surface area contributed by atoms with Crippen LogP contribution in [0.25, 0.3) is 0 Å². The molecule has 1 aliphatic rings. The molecule has 0 aromatic heterocycles. The molecule has 2 aromatic rings. The highest BCUT2D eigenvalue weighted by molar-refractivity contribution is 7.89. The smallest absolute Gasteiger partial charge is 0.258 e. The van der Waals surface area contributed by atoms with Crippen LogP contribution in [-0.2, 0) is 10.0 Å². The van der Waals surface area contributed by atoms with Gasteiger partial charge in [-0.2, -0.15) is 0 Å². The maximum Gasteiger partial charge on any atom is 0.258 e. The summed E-state index contributed by atoms with van der Waals surface area (Å²) in [6.45, 7) is 1.76. The van der Waals surface area contributed by atoms with Crippen LogP contribution in [-0.4, -0.2) is 34.0 Å². The molecule has 168 valence electrons. The van der Waals surface area contributed by atoms with E-state index in [1.165, 1.54) is 12.5 Å². The highest BCUT2D eigenvalue weighted by atomic mass is 32.2. The van der Waals surface area contributed by atoms with E-state index in [2.05, 4.69) is 10.0 Å². The Balaban J connectivity index is 1.78. The zero-order chi connectivity index (χ0) is 22.6. The average molecular weight is 452 g/mol. The molecule has 2 aromatic carbocycles. The Labute approximate surface area is 181 Å². The maximum atomic E-state index is 14.7. The van der Waals surface area contributed by atoms with Crippen LogP contribution in [0.15, 0.2) is 41.3 Å². The molecule has 0 saturated heterocycles. The number of carbonyl (C=O) groups excluding carboxylic acids is 1. The van der Waals surface area contributed by atoms with Crippen LogP contribution in [0.1, 0.15) is 49.4 Å². The highest BCUT2D eigenvalue weighted by Gasteiger charge is 2.22. The van der Waals surface area contributed by atoms with Gasteiger partial charge < -0.3 is 10.2 Å². The number of rotatable bonds is 7. The zero-order valence-corrected chi connectivity index (χ0v) is 18.4.